The number of rotatable bonds is 5. The molecule has 5 heteroatoms. The first-order valence-corrected chi connectivity index (χ1v) is 7.94. The summed E-state index contributed by atoms with van der Waals surface area (Å²) in [6.45, 7) is 0.696. The fourth-order valence-electron chi connectivity index (χ4n) is 2.47. The van der Waals surface area contributed by atoms with Crippen molar-refractivity contribution in [2.45, 2.75) is 6.54 Å². The molecule has 1 aromatic heterocycles. The molecule has 0 aliphatic carbocycles. The van der Waals surface area contributed by atoms with Crippen molar-refractivity contribution < 1.29 is 9.53 Å². The molecule has 0 atom stereocenters. The van der Waals surface area contributed by atoms with E-state index in [0.717, 1.165) is 11.5 Å². The van der Waals surface area contributed by atoms with Gasteiger partial charge in [0.25, 0.3) is 0 Å². The summed E-state index contributed by atoms with van der Waals surface area (Å²) in [4.78, 5) is 17.9. The van der Waals surface area contributed by atoms with Crippen LogP contribution >= 0.6 is 0 Å². The van der Waals surface area contributed by atoms with Crippen molar-refractivity contribution in [1.82, 2.24) is 4.98 Å². The maximum absolute atomic E-state index is 11.3. The molecule has 0 saturated carbocycles. The number of hydrogen-bond acceptors (Lipinski definition) is 4. The Kier molecular flexibility index (Phi) is 5.26. The topological polar surface area (TPSA) is 54.5 Å². The molecule has 126 valence electrons. The van der Waals surface area contributed by atoms with E-state index in [4.69, 9.17) is 0 Å². The quantitative estimate of drug-likeness (QED) is 0.741. The minimum Gasteiger partial charge on any atom is -0.453 e. The van der Waals surface area contributed by atoms with E-state index < -0.39 is 6.09 Å². The third kappa shape index (κ3) is 4.35. The van der Waals surface area contributed by atoms with Gasteiger partial charge in [0.05, 0.1) is 19.0 Å². The fraction of sp³-hybridized carbons (Fsp3) is 0.100. The normalized spacial score (nSPS) is 10.1. The molecule has 1 amide bonds. The standard InChI is InChI=1S/C20H19N3O2/c1-25-20(24)22-17-12-13-19(21-14-17)23(18-10-6-3-7-11-18)15-16-8-4-2-5-9-16/h2-14H,15H2,1H3,(H,22,24). The largest absolute Gasteiger partial charge is 0.453 e. The Labute approximate surface area is 146 Å². The lowest BCUT2D eigenvalue weighted by molar-refractivity contribution is 0.187. The number of para-hydroxylation sites is 1. The van der Waals surface area contributed by atoms with Crippen LogP contribution in [-0.4, -0.2) is 18.2 Å². The van der Waals surface area contributed by atoms with Gasteiger partial charge in [0.15, 0.2) is 0 Å². The summed E-state index contributed by atoms with van der Waals surface area (Å²) in [5.41, 5.74) is 2.82. The lowest BCUT2D eigenvalue weighted by atomic mass is 10.2. The summed E-state index contributed by atoms with van der Waals surface area (Å²) >= 11 is 0. The molecule has 0 unspecified atom stereocenters. The second-order valence-corrected chi connectivity index (χ2v) is 5.43. The Morgan fingerprint density at radius 1 is 1.00 bits per heavy atom. The summed E-state index contributed by atoms with van der Waals surface area (Å²) in [6.07, 6.45) is 1.10. The molecule has 0 aliphatic rings. The Bertz CT molecular complexity index is 805. The van der Waals surface area contributed by atoms with Gasteiger partial charge in [-0.15, -0.1) is 0 Å². The summed E-state index contributed by atoms with van der Waals surface area (Å²) in [7, 11) is 1.33. The lowest BCUT2D eigenvalue weighted by Gasteiger charge is -2.24. The van der Waals surface area contributed by atoms with Gasteiger partial charge in [0.1, 0.15) is 5.82 Å². The number of methoxy groups -OCH3 is 1. The molecule has 0 radical (unpaired) electrons. The first-order chi connectivity index (χ1) is 12.3. The van der Waals surface area contributed by atoms with Gasteiger partial charge in [-0.3, -0.25) is 5.32 Å². The average Bonchev–Trinajstić information content (AvgIpc) is 2.68. The minimum absolute atomic E-state index is 0.515. The number of nitrogens with zero attached hydrogens (tertiary/aromatic N) is 2. The van der Waals surface area contributed by atoms with Crippen LogP contribution in [0.15, 0.2) is 79.0 Å². The van der Waals surface area contributed by atoms with Crippen LogP contribution < -0.4 is 10.2 Å². The molecule has 0 fully saturated rings. The number of carbonyl (C=O) groups is 1. The van der Waals surface area contributed by atoms with E-state index in [0.29, 0.717) is 12.2 Å². The fourth-order valence-corrected chi connectivity index (χ4v) is 2.47. The van der Waals surface area contributed by atoms with Crippen LogP contribution in [0.5, 0.6) is 0 Å². The van der Waals surface area contributed by atoms with Gasteiger partial charge in [-0.25, -0.2) is 9.78 Å². The number of nitrogens with one attached hydrogen (secondary N) is 1. The zero-order chi connectivity index (χ0) is 17.5. The zero-order valence-electron chi connectivity index (χ0n) is 13.9. The lowest BCUT2D eigenvalue weighted by Crippen LogP contribution is -2.18. The third-order valence-electron chi connectivity index (χ3n) is 3.71. The maximum atomic E-state index is 11.3. The molecule has 3 rings (SSSR count). The number of carbonyl (C=O) groups excluding carboxylic acids is 1. The molecule has 3 aromatic rings. The van der Waals surface area contributed by atoms with Gasteiger partial charge in [-0.2, -0.15) is 0 Å². The van der Waals surface area contributed by atoms with E-state index in [-0.39, 0.29) is 0 Å². The van der Waals surface area contributed by atoms with Gasteiger partial charge >= 0.3 is 6.09 Å². The second-order valence-electron chi connectivity index (χ2n) is 5.43. The Morgan fingerprint density at radius 3 is 2.28 bits per heavy atom. The van der Waals surface area contributed by atoms with Gasteiger partial charge in [-0.1, -0.05) is 48.5 Å². The van der Waals surface area contributed by atoms with Crippen LogP contribution in [0.2, 0.25) is 0 Å². The summed E-state index contributed by atoms with van der Waals surface area (Å²) in [5.74, 6) is 0.797. The van der Waals surface area contributed by atoms with Crippen molar-refractivity contribution in [3.8, 4) is 0 Å². The van der Waals surface area contributed by atoms with Crippen LogP contribution in [-0.2, 0) is 11.3 Å². The van der Waals surface area contributed by atoms with E-state index in [1.54, 1.807) is 12.3 Å². The van der Waals surface area contributed by atoms with E-state index in [9.17, 15) is 4.79 Å². The van der Waals surface area contributed by atoms with Gasteiger partial charge in [-0.05, 0) is 29.8 Å². The number of pyridine rings is 1. The predicted molar refractivity (Wildman–Crippen MR) is 99.0 cm³/mol. The molecule has 0 saturated heterocycles. The van der Waals surface area contributed by atoms with Gasteiger partial charge in [0, 0.05) is 12.2 Å². The Morgan fingerprint density at radius 2 is 1.68 bits per heavy atom. The highest BCUT2D eigenvalue weighted by Crippen LogP contribution is 2.26. The SMILES string of the molecule is COC(=O)Nc1ccc(N(Cc2ccccc2)c2ccccc2)nc1. The van der Waals surface area contributed by atoms with E-state index in [1.165, 1.54) is 12.7 Å². The second kappa shape index (κ2) is 7.97. The smallest absolute Gasteiger partial charge is 0.411 e. The monoisotopic (exact) mass is 333 g/mol. The van der Waals surface area contributed by atoms with Crippen molar-refractivity contribution >= 4 is 23.3 Å². The molecule has 1 N–H and O–H groups in total. The molecular formula is C20H19N3O2. The highest BCUT2D eigenvalue weighted by atomic mass is 16.5. The molecule has 0 bridgehead atoms. The van der Waals surface area contributed by atoms with Gasteiger partial charge in [0.2, 0.25) is 0 Å². The number of benzene rings is 2. The van der Waals surface area contributed by atoms with E-state index in [2.05, 4.69) is 32.1 Å². The molecule has 5 nitrogen and oxygen atoms in total. The molecule has 2 aromatic carbocycles. The Hall–Kier alpha value is -3.34. The average molecular weight is 333 g/mol. The number of ether oxygens (including phenoxy) is 1. The summed E-state index contributed by atoms with van der Waals surface area (Å²) in [6, 6.07) is 24.0. The molecule has 0 spiro atoms. The first kappa shape index (κ1) is 16.5. The van der Waals surface area contributed by atoms with Crippen LogP contribution in [0.1, 0.15) is 5.56 Å². The summed E-state index contributed by atoms with van der Waals surface area (Å²) < 4.78 is 4.59. The minimum atomic E-state index is -0.515. The van der Waals surface area contributed by atoms with Crippen LogP contribution in [0.3, 0.4) is 0 Å². The molecule has 25 heavy (non-hydrogen) atoms. The summed E-state index contributed by atoms with van der Waals surface area (Å²) in [5, 5.41) is 2.61. The van der Waals surface area contributed by atoms with Crippen molar-refractivity contribution in [3.05, 3.63) is 84.6 Å². The maximum Gasteiger partial charge on any atom is 0.411 e. The van der Waals surface area contributed by atoms with Crippen LogP contribution in [0.25, 0.3) is 0 Å². The van der Waals surface area contributed by atoms with E-state index in [1.807, 2.05) is 54.6 Å². The number of aromatic nitrogens is 1. The Balaban J connectivity index is 1.87. The van der Waals surface area contributed by atoms with Crippen molar-refractivity contribution in [3.63, 3.8) is 0 Å². The van der Waals surface area contributed by atoms with Crippen molar-refractivity contribution in [1.29, 1.82) is 0 Å². The van der Waals surface area contributed by atoms with Crippen LogP contribution in [0.4, 0.5) is 22.0 Å². The van der Waals surface area contributed by atoms with Crippen molar-refractivity contribution in [2.24, 2.45) is 0 Å². The first-order valence-electron chi connectivity index (χ1n) is 7.94. The highest BCUT2D eigenvalue weighted by Gasteiger charge is 2.12. The van der Waals surface area contributed by atoms with E-state index >= 15 is 0 Å². The predicted octanol–water partition coefficient (Wildman–Crippen LogP) is 4.60. The number of amides is 1. The number of hydrogen-bond donors (Lipinski definition) is 1. The van der Waals surface area contributed by atoms with Crippen molar-refractivity contribution in [2.75, 3.05) is 17.3 Å². The number of anilines is 3. The third-order valence-corrected chi connectivity index (χ3v) is 3.71. The molecule has 1 heterocycles. The zero-order valence-corrected chi connectivity index (χ0v) is 13.9. The highest BCUT2D eigenvalue weighted by molar-refractivity contribution is 5.84. The molecular weight excluding hydrogens is 314 g/mol. The molecule has 0 aliphatic heterocycles. The van der Waals surface area contributed by atoms with Crippen LogP contribution in [0, 0.1) is 0 Å². The van der Waals surface area contributed by atoms with Gasteiger partial charge < -0.3 is 9.64 Å².